The fourth-order valence-corrected chi connectivity index (χ4v) is 2.29. The Labute approximate surface area is 116 Å². The molecule has 2 aliphatic rings. The van der Waals surface area contributed by atoms with Crippen LogP contribution in [-0.2, 0) is 0 Å². The van der Waals surface area contributed by atoms with Gasteiger partial charge in [-0.25, -0.2) is 0 Å². The Balaban J connectivity index is 2.14. The van der Waals surface area contributed by atoms with Crippen molar-refractivity contribution in [2.45, 2.75) is 12.6 Å². The second-order valence-electron chi connectivity index (χ2n) is 4.70. The summed E-state index contributed by atoms with van der Waals surface area (Å²) in [5, 5.41) is 11.9. The first-order chi connectivity index (χ1) is 9.54. The molecule has 0 bridgehead atoms. The number of benzene rings is 1. The maximum Gasteiger partial charge on any atom is 0.262 e. The van der Waals surface area contributed by atoms with E-state index in [1.165, 1.54) is 0 Å². The average molecular weight is 267 g/mol. The highest BCUT2D eigenvalue weighted by molar-refractivity contribution is 5.83. The first-order valence-electron chi connectivity index (χ1n) is 6.06. The molecule has 1 spiro atoms. The van der Waals surface area contributed by atoms with Crippen molar-refractivity contribution >= 4 is 12.0 Å². The number of fused-ring (bicyclic) bond motifs is 1. The third-order valence-corrected chi connectivity index (χ3v) is 3.21. The summed E-state index contributed by atoms with van der Waals surface area (Å²) < 4.78 is 5.91. The van der Waals surface area contributed by atoms with Crippen LogP contribution in [0.4, 0.5) is 0 Å². The summed E-state index contributed by atoms with van der Waals surface area (Å²) in [5.41, 5.74) is 12.5. The largest absolute Gasteiger partial charge is 0.457 e. The Morgan fingerprint density at radius 1 is 1.40 bits per heavy atom. The SMILES string of the molecule is Cc1ccc2c(c1)C=CC1(N=C(N)NC(N)=C1C#N)O2. The normalized spacial score (nSPS) is 23.5. The van der Waals surface area contributed by atoms with E-state index in [9.17, 15) is 5.26 Å². The summed E-state index contributed by atoms with van der Waals surface area (Å²) >= 11 is 0. The van der Waals surface area contributed by atoms with Gasteiger partial charge >= 0.3 is 0 Å². The van der Waals surface area contributed by atoms with Crippen molar-refractivity contribution < 1.29 is 4.74 Å². The van der Waals surface area contributed by atoms with Crippen LogP contribution >= 0.6 is 0 Å². The number of aliphatic imine (C=N–C) groups is 1. The molecule has 0 fully saturated rings. The van der Waals surface area contributed by atoms with E-state index in [0.717, 1.165) is 11.1 Å². The molecule has 2 heterocycles. The molecule has 1 aromatic carbocycles. The van der Waals surface area contributed by atoms with E-state index in [0.29, 0.717) is 5.75 Å². The van der Waals surface area contributed by atoms with Gasteiger partial charge in [-0.1, -0.05) is 11.6 Å². The van der Waals surface area contributed by atoms with Crippen LogP contribution in [0.2, 0.25) is 0 Å². The molecule has 0 amide bonds. The number of nitrogens with two attached hydrogens (primary N) is 2. The van der Waals surface area contributed by atoms with Gasteiger partial charge in [0.2, 0.25) is 0 Å². The van der Waals surface area contributed by atoms with Crippen LogP contribution in [-0.4, -0.2) is 11.7 Å². The van der Waals surface area contributed by atoms with Gasteiger partial charge in [-0.2, -0.15) is 10.3 Å². The van der Waals surface area contributed by atoms with Gasteiger partial charge in [0, 0.05) is 5.56 Å². The van der Waals surface area contributed by atoms with Gasteiger partial charge in [0.15, 0.2) is 5.96 Å². The van der Waals surface area contributed by atoms with Crippen LogP contribution in [0.15, 0.2) is 40.7 Å². The van der Waals surface area contributed by atoms with Crippen molar-refractivity contribution in [2.75, 3.05) is 0 Å². The molecule has 0 saturated carbocycles. The van der Waals surface area contributed by atoms with Crippen molar-refractivity contribution in [2.24, 2.45) is 16.5 Å². The highest BCUT2D eigenvalue weighted by Crippen LogP contribution is 2.37. The number of ether oxygens (including phenoxy) is 1. The Morgan fingerprint density at radius 2 is 2.20 bits per heavy atom. The Bertz CT molecular complexity index is 726. The number of hydrogen-bond donors (Lipinski definition) is 3. The molecular weight excluding hydrogens is 254 g/mol. The van der Waals surface area contributed by atoms with Crippen molar-refractivity contribution in [1.29, 1.82) is 5.26 Å². The van der Waals surface area contributed by atoms with Crippen molar-refractivity contribution in [3.8, 4) is 11.8 Å². The molecule has 1 atom stereocenters. The topological polar surface area (TPSA) is 109 Å². The van der Waals surface area contributed by atoms with E-state index < -0.39 is 5.72 Å². The van der Waals surface area contributed by atoms with Crippen molar-refractivity contribution in [3.63, 3.8) is 0 Å². The lowest BCUT2D eigenvalue weighted by Crippen LogP contribution is -2.49. The first kappa shape index (κ1) is 12.1. The molecule has 6 nitrogen and oxygen atoms in total. The van der Waals surface area contributed by atoms with Crippen molar-refractivity contribution in [3.05, 3.63) is 46.8 Å². The van der Waals surface area contributed by atoms with Crippen molar-refractivity contribution in [1.82, 2.24) is 5.32 Å². The van der Waals surface area contributed by atoms with Gasteiger partial charge in [-0.15, -0.1) is 0 Å². The maximum atomic E-state index is 9.31. The lowest BCUT2D eigenvalue weighted by Gasteiger charge is -2.34. The molecule has 2 aliphatic heterocycles. The van der Waals surface area contributed by atoms with Gasteiger partial charge in [-0.05, 0) is 31.2 Å². The average Bonchev–Trinajstić information content (AvgIpc) is 2.39. The molecule has 1 unspecified atom stereocenters. The molecule has 5 N–H and O–H groups in total. The molecule has 1 aromatic rings. The number of aryl methyl sites for hydroxylation is 1. The monoisotopic (exact) mass is 267 g/mol. The van der Waals surface area contributed by atoms with Gasteiger partial charge in [0.25, 0.3) is 5.72 Å². The second-order valence-corrected chi connectivity index (χ2v) is 4.70. The lowest BCUT2D eigenvalue weighted by atomic mass is 9.97. The van der Waals surface area contributed by atoms with Gasteiger partial charge in [0.05, 0.1) is 0 Å². The van der Waals surface area contributed by atoms with Gasteiger partial charge in [-0.3, -0.25) is 0 Å². The molecule has 20 heavy (non-hydrogen) atoms. The number of rotatable bonds is 0. The number of nitrogens with one attached hydrogen (secondary N) is 1. The molecule has 6 heteroatoms. The van der Waals surface area contributed by atoms with E-state index in [1.54, 1.807) is 6.08 Å². The molecule has 3 rings (SSSR count). The zero-order valence-corrected chi connectivity index (χ0v) is 10.8. The third-order valence-electron chi connectivity index (χ3n) is 3.21. The fourth-order valence-electron chi connectivity index (χ4n) is 2.29. The molecular formula is C14H13N5O. The minimum Gasteiger partial charge on any atom is -0.457 e. The van der Waals surface area contributed by atoms with E-state index >= 15 is 0 Å². The zero-order valence-electron chi connectivity index (χ0n) is 10.8. The predicted molar refractivity (Wildman–Crippen MR) is 75.2 cm³/mol. The highest BCUT2D eigenvalue weighted by Gasteiger charge is 2.41. The van der Waals surface area contributed by atoms with Crippen LogP contribution in [0.5, 0.6) is 5.75 Å². The number of hydrogen-bond acceptors (Lipinski definition) is 6. The highest BCUT2D eigenvalue weighted by atomic mass is 16.5. The zero-order chi connectivity index (χ0) is 14.3. The summed E-state index contributed by atoms with van der Waals surface area (Å²) in [4.78, 5) is 4.21. The van der Waals surface area contributed by atoms with E-state index in [2.05, 4.69) is 10.3 Å². The third kappa shape index (κ3) is 1.68. The predicted octanol–water partition coefficient (Wildman–Crippen LogP) is 0.709. The van der Waals surface area contributed by atoms with Crippen LogP contribution in [0.1, 0.15) is 11.1 Å². The Hall–Kier alpha value is -2.94. The molecule has 0 aromatic heterocycles. The second kappa shape index (κ2) is 4.03. The number of nitriles is 1. The smallest absolute Gasteiger partial charge is 0.262 e. The summed E-state index contributed by atoms with van der Waals surface area (Å²) in [5.74, 6) is 0.902. The van der Waals surface area contributed by atoms with Gasteiger partial charge < -0.3 is 21.5 Å². The standard InChI is InChI=1S/C14H13N5O/c1-8-2-3-11-9(6-8)4-5-14(20-11)10(7-15)12(16)18-13(17)19-14/h2-6H,16H2,1H3,(H3,17,18,19). The number of nitrogens with zero attached hydrogens (tertiary/aromatic N) is 2. The molecule has 100 valence electrons. The van der Waals surface area contributed by atoms with E-state index in [-0.39, 0.29) is 17.4 Å². The first-order valence-corrected chi connectivity index (χ1v) is 6.06. The van der Waals surface area contributed by atoms with Crippen LogP contribution < -0.4 is 21.5 Å². The number of guanidine groups is 1. The van der Waals surface area contributed by atoms with Crippen LogP contribution in [0.25, 0.3) is 6.08 Å². The fraction of sp³-hybridized carbons (Fsp3) is 0.143. The van der Waals surface area contributed by atoms with Gasteiger partial charge in [0.1, 0.15) is 23.2 Å². The summed E-state index contributed by atoms with van der Waals surface area (Å²) in [7, 11) is 0. The van der Waals surface area contributed by atoms with Crippen LogP contribution in [0, 0.1) is 18.3 Å². The van der Waals surface area contributed by atoms with E-state index in [1.807, 2.05) is 37.3 Å². The maximum absolute atomic E-state index is 9.31. The summed E-state index contributed by atoms with van der Waals surface area (Å²) in [6.45, 7) is 2.00. The minimum atomic E-state index is -1.28. The van der Waals surface area contributed by atoms with Crippen LogP contribution in [0.3, 0.4) is 0 Å². The quantitative estimate of drug-likeness (QED) is 0.641. The summed E-state index contributed by atoms with van der Waals surface area (Å²) in [6, 6.07) is 7.79. The molecule has 0 aliphatic carbocycles. The summed E-state index contributed by atoms with van der Waals surface area (Å²) in [6.07, 6.45) is 3.55. The molecule has 0 radical (unpaired) electrons. The Morgan fingerprint density at radius 3 is 2.95 bits per heavy atom. The lowest BCUT2D eigenvalue weighted by molar-refractivity contribution is 0.166. The minimum absolute atomic E-state index is 0.113. The molecule has 0 saturated heterocycles. The Kier molecular flexibility index (Phi) is 2.44. The van der Waals surface area contributed by atoms with E-state index in [4.69, 9.17) is 16.2 Å².